The number of carbonyl (C=O) groups is 1. The smallest absolute Gasteiger partial charge is 0.251 e. The Bertz CT molecular complexity index is 568. The van der Waals surface area contributed by atoms with Gasteiger partial charge in [-0.15, -0.1) is 0 Å². The first-order valence-corrected chi connectivity index (χ1v) is 7.94. The molecule has 7 heteroatoms. The maximum Gasteiger partial charge on any atom is 0.251 e. The van der Waals surface area contributed by atoms with Gasteiger partial charge in [0, 0.05) is 32.1 Å². The summed E-state index contributed by atoms with van der Waals surface area (Å²) < 4.78 is 33.2. The molecule has 0 saturated carbocycles. The van der Waals surface area contributed by atoms with E-state index in [2.05, 4.69) is 5.32 Å². The summed E-state index contributed by atoms with van der Waals surface area (Å²) in [6.07, 6.45) is 1.77. The normalized spacial score (nSPS) is 11.2. The minimum Gasteiger partial charge on any atom is -0.495 e. The molecule has 0 unspecified atom stereocenters. The highest BCUT2D eigenvalue weighted by Gasteiger charge is 2.17. The molecule has 0 bridgehead atoms. The number of nitrogens with one attached hydrogen (secondary N) is 1. The molecule has 112 valence electrons. The minimum absolute atomic E-state index is 0.00421. The van der Waals surface area contributed by atoms with Gasteiger partial charge in [-0.1, -0.05) is 0 Å². The molecule has 0 aromatic heterocycles. The minimum atomic E-state index is -3.46. The Morgan fingerprint density at radius 2 is 2.00 bits per heavy atom. The topological polar surface area (TPSA) is 81.7 Å². The van der Waals surface area contributed by atoms with Gasteiger partial charge in [-0.3, -0.25) is 4.79 Å². The van der Waals surface area contributed by atoms with E-state index in [4.69, 9.17) is 9.47 Å². The Morgan fingerprint density at radius 1 is 1.30 bits per heavy atom. The van der Waals surface area contributed by atoms with Gasteiger partial charge >= 0.3 is 0 Å². The van der Waals surface area contributed by atoms with Gasteiger partial charge in [-0.25, -0.2) is 8.42 Å². The lowest BCUT2D eigenvalue weighted by Gasteiger charge is -2.09. The van der Waals surface area contributed by atoms with E-state index in [9.17, 15) is 13.2 Å². The van der Waals surface area contributed by atoms with Crippen LogP contribution in [-0.2, 0) is 14.6 Å². The van der Waals surface area contributed by atoms with E-state index in [0.717, 1.165) is 6.26 Å². The number of benzene rings is 1. The number of hydrogen-bond acceptors (Lipinski definition) is 5. The zero-order valence-electron chi connectivity index (χ0n) is 11.8. The van der Waals surface area contributed by atoms with Crippen LogP contribution in [-0.4, -0.2) is 48.0 Å². The number of methoxy groups -OCH3 is 2. The van der Waals surface area contributed by atoms with Gasteiger partial charge in [0.15, 0.2) is 9.84 Å². The van der Waals surface area contributed by atoms with Crippen molar-refractivity contribution in [1.82, 2.24) is 5.32 Å². The standard InChI is InChI=1S/C13H19NO5S/c1-18-8-4-7-14-13(15)10-5-6-11(19-2)12(9-10)20(3,16)17/h5-6,9H,4,7-8H2,1-3H3,(H,14,15). The van der Waals surface area contributed by atoms with E-state index in [1.165, 1.54) is 25.3 Å². The maximum atomic E-state index is 11.9. The molecule has 1 amide bonds. The Hall–Kier alpha value is -1.60. The molecule has 0 spiro atoms. The Labute approximate surface area is 119 Å². The quantitative estimate of drug-likeness (QED) is 0.756. The molecule has 0 heterocycles. The van der Waals surface area contributed by atoms with E-state index in [1.54, 1.807) is 7.11 Å². The molecule has 0 fully saturated rings. The van der Waals surface area contributed by atoms with E-state index in [-0.39, 0.29) is 22.1 Å². The summed E-state index contributed by atoms with van der Waals surface area (Å²) in [4.78, 5) is 11.9. The molecule has 1 rings (SSSR count). The Kier molecular flexibility index (Phi) is 5.97. The lowest BCUT2D eigenvalue weighted by molar-refractivity contribution is 0.0948. The average Bonchev–Trinajstić information content (AvgIpc) is 2.41. The van der Waals surface area contributed by atoms with Crippen molar-refractivity contribution in [3.05, 3.63) is 23.8 Å². The molecule has 0 aliphatic carbocycles. The highest BCUT2D eigenvalue weighted by Crippen LogP contribution is 2.24. The van der Waals surface area contributed by atoms with Gasteiger partial charge in [0.05, 0.1) is 7.11 Å². The third-order valence-electron chi connectivity index (χ3n) is 2.64. The molecular weight excluding hydrogens is 282 g/mol. The van der Waals surface area contributed by atoms with Crippen LogP contribution in [0.3, 0.4) is 0 Å². The zero-order chi connectivity index (χ0) is 15.2. The molecule has 6 nitrogen and oxygen atoms in total. The lowest BCUT2D eigenvalue weighted by Crippen LogP contribution is -2.25. The molecule has 0 radical (unpaired) electrons. The molecule has 20 heavy (non-hydrogen) atoms. The number of rotatable bonds is 7. The monoisotopic (exact) mass is 301 g/mol. The second-order valence-corrected chi connectivity index (χ2v) is 6.22. The summed E-state index contributed by atoms with van der Waals surface area (Å²) in [5.74, 6) is -0.0999. The molecule has 0 saturated heterocycles. The van der Waals surface area contributed by atoms with Crippen molar-refractivity contribution in [2.45, 2.75) is 11.3 Å². The largest absolute Gasteiger partial charge is 0.495 e. The summed E-state index contributed by atoms with van der Waals surface area (Å²) >= 11 is 0. The van der Waals surface area contributed by atoms with Crippen molar-refractivity contribution in [2.24, 2.45) is 0 Å². The van der Waals surface area contributed by atoms with Gasteiger partial charge in [0.2, 0.25) is 0 Å². The summed E-state index contributed by atoms with van der Waals surface area (Å²) in [6.45, 7) is 1.02. The maximum absolute atomic E-state index is 11.9. The Morgan fingerprint density at radius 3 is 2.55 bits per heavy atom. The van der Waals surface area contributed by atoms with Crippen LogP contribution < -0.4 is 10.1 Å². The predicted octanol–water partition coefficient (Wildman–Crippen LogP) is 0.865. The van der Waals surface area contributed by atoms with Gasteiger partial charge in [-0.2, -0.15) is 0 Å². The van der Waals surface area contributed by atoms with Crippen LogP contribution in [0.1, 0.15) is 16.8 Å². The van der Waals surface area contributed by atoms with Crippen molar-refractivity contribution >= 4 is 15.7 Å². The highest BCUT2D eigenvalue weighted by atomic mass is 32.2. The predicted molar refractivity (Wildman–Crippen MR) is 74.9 cm³/mol. The van der Waals surface area contributed by atoms with Crippen molar-refractivity contribution in [2.75, 3.05) is 33.6 Å². The van der Waals surface area contributed by atoms with Gasteiger partial charge < -0.3 is 14.8 Å². The van der Waals surface area contributed by atoms with Crippen LogP contribution in [0, 0.1) is 0 Å². The zero-order valence-corrected chi connectivity index (χ0v) is 12.6. The van der Waals surface area contributed by atoms with Crippen molar-refractivity contribution < 1.29 is 22.7 Å². The van der Waals surface area contributed by atoms with Crippen LogP contribution in [0.15, 0.2) is 23.1 Å². The first kappa shape index (κ1) is 16.5. The van der Waals surface area contributed by atoms with Crippen molar-refractivity contribution in [1.29, 1.82) is 0 Å². The third-order valence-corrected chi connectivity index (χ3v) is 3.75. The second-order valence-electron chi connectivity index (χ2n) is 4.24. The van der Waals surface area contributed by atoms with E-state index in [1.807, 2.05) is 0 Å². The van der Waals surface area contributed by atoms with Gasteiger partial charge in [0.25, 0.3) is 5.91 Å². The van der Waals surface area contributed by atoms with Gasteiger partial charge in [-0.05, 0) is 24.6 Å². The van der Waals surface area contributed by atoms with E-state index >= 15 is 0 Å². The Balaban J connectivity index is 2.89. The van der Waals surface area contributed by atoms with Crippen LogP contribution in [0.25, 0.3) is 0 Å². The van der Waals surface area contributed by atoms with Crippen molar-refractivity contribution in [3.63, 3.8) is 0 Å². The fourth-order valence-electron chi connectivity index (χ4n) is 1.63. The number of carbonyl (C=O) groups excluding carboxylic acids is 1. The number of ether oxygens (including phenoxy) is 2. The molecule has 0 aliphatic heterocycles. The van der Waals surface area contributed by atoms with Crippen molar-refractivity contribution in [3.8, 4) is 5.75 Å². The second kappa shape index (κ2) is 7.25. The molecule has 0 aliphatic rings. The fourth-order valence-corrected chi connectivity index (χ4v) is 2.49. The summed E-state index contributed by atoms with van der Waals surface area (Å²) in [7, 11) is -0.485. The number of sulfone groups is 1. The van der Waals surface area contributed by atoms with Gasteiger partial charge in [0.1, 0.15) is 10.6 Å². The molecule has 1 aromatic rings. The van der Waals surface area contributed by atoms with Crippen LogP contribution >= 0.6 is 0 Å². The molecule has 1 N–H and O–H groups in total. The SMILES string of the molecule is COCCCNC(=O)c1ccc(OC)c(S(C)(=O)=O)c1. The first-order valence-electron chi connectivity index (χ1n) is 6.05. The van der Waals surface area contributed by atoms with Crippen LogP contribution in [0.2, 0.25) is 0 Å². The lowest BCUT2D eigenvalue weighted by atomic mass is 10.2. The van der Waals surface area contributed by atoms with Crippen LogP contribution in [0.4, 0.5) is 0 Å². The van der Waals surface area contributed by atoms with E-state index in [0.29, 0.717) is 19.6 Å². The summed E-state index contributed by atoms with van der Waals surface area (Å²) in [5.41, 5.74) is 0.281. The summed E-state index contributed by atoms with van der Waals surface area (Å²) in [6, 6.07) is 4.32. The van der Waals surface area contributed by atoms with E-state index < -0.39 is 9.84 Å². The molecule has 1 aromatic carbocycles. The third kappa shape index (κ3) is 4.50. The average molecular weight is 301 g/mol. The highest BCUT2D eigenvalue weighted by molar-refractivity contribution is 7.90. The summed E-state index contributed by atoms with van der Waals surface area (Å²) in [5, 5.41) is 2.70. The van der Waals surface area contributed by atoms with Crippen LogP contribution in [0.5, 0.6) is 5.75 Å². The molecular formula is C13H19NO5S. The number of hydrogen-bond donors (Lipinski definition) is 1. The molecule has 0 atom stereocenters. The first-order chi connectivity index (χ1) is 9.40. The number of amides is 1. The fraction of sp³-hybridized carbons (Fsp3) is 0.462.